The molecule has 0 heterocycles. The first-order chi connectivity index (χ1) is 7.08. The van der Waals surface area contributed by atoms with E-state index in [2.05, 4.69) is 0 Å². The van der Waals surface area contributed by atoms with Crippen molar-refractivity contribution in [3.8, 4) is 0 Å². The molecule has 0 fully saturated rings. The van der Waals surface area contributed by atoms with Crippen molar-refractivity contribution < 1.29 is 14.4 Å². The van der Waals surface area contributed by atoms with Crippen molar-refractivity contribution in [3.63, 3.8) is 0 Å². The van der Waals surface area contributed by atoms with Gasteiger partial charge in [-0.1, -0.05) is 0 Å². The summed E-state index contributed by atoms with van der Waals surface area (Å²) < 4.78 is 0. The van der Waals surface area contributed by atoms with Crippen molar-refractivity contribution in [3.05, 3.63) is 0 Å². The van der Waals surface area contributed by atoms with Crippen LogP contribution >= 0.6 is 0 Å². The molecule has 1 amide bonds. The molecule has 4 nitrogen and oxygen atoms in total. The normalized spacial score (nSPS) is 11.9. The molecule has 0 aromatic rings. The fraction of sp³-hybridized carbons (Fsp3) is 0.727. The first-order valence-electron chi connectivity index (χ1n) is 5.31. The van der Waals surface area contributed by atoms with Gasteiger partial charge in [0, 0.05) is 19.5 Å². The summed E-state index contributed by atoms with van der Waals surface area (Å²) in [4.78, 5) is 35.0. The fourth-order valence-corrected chi connectivity index (χ4v) is 1.49. The van der Waals surface area contributed by atoms with Crippen molar-refractivity contribution in [2.24, 2.45) is 5.92 Å². The number of Topliss-reactive ketones (excluding diaryl/α,β-unsaturated/α-hetero) is 1. The van der Waals surface area contributed by atoms with E-state index in [-0.39, 0.29) is 18.1 Å². The van der Waals surface area contributed by atoms with Crippen LogP contribution in [0.5, 0.6) is 0 Å². The van der Waals surface area contributed by atoms with Crippen molar-refractivity contribution >= 4 is 18.0 Å². The van der Waals surface area contributed by atoms with E-state index in [1.165, 1.54) is 6.92 Å². The number of hydrogen-bond donors (Lipinski definition) is 0. The lowest BCUT2D eigenvalue weighted by Gasteiger charge is -2.23. The first kappa shape index (κ1) is 13.8. The maximum absolute atomic E-state index is 11.8. The van der Waals surface area contributed by atoms with Crippen LogP contribution in [-0.2, 0) is 14.4 Å². The molecule has 0 aliphatic heterocycles. The third kappa shape index (κ3) is 4.23. The second kappa shape index (κ2) is 7.15. The van der Waals surface area contributed by atoms with Crippen molar-refractivity contribution in [2.45, 2.75) is 33.6 Å². The highest BCUT2D eigenvalue weighted by atomic mass is 16.2. The van der Waals surface area contributed by atoms with Gasteiger partial charge in [0.15, 0.2) is 0 Å². The molecule has 4 heteroatoms. The summed E-state index contributed by atoms with van der Waals surface area (Å²) in [5, 5.41) is 0. The number of rotatable bonds is 7. The van der Waals surface area contributed by atoms with E-state index in [0.717, 1.165) is 6.29 Å². The SMILES string of the molecule is CCN(CC)C(=O)C(CCC=O)C(C)=O. The predicted molar refractivity (Wildman–Crippen MR) is 57.4 cm³/mol. The number of carbonyl (C=O) groups is 3. The van der Waals surface area contributed by atoms with Crippen LogP contribution in [0.4, 0.5) is 0 Å². The Bertz CT molecular complexity index is 234. The number of aldehydes is 1. The van der Waals surface area contributed by atoms with Gasteiger partial charge in [0.2, 0.25) is 5.91 Å². The summed E-state index contributed by atoms with van der Waals surface area (Å²) >= 11 is 0. The van der Waals surface area contributed by atoms with Crippen LogP contribution < -0.4 is 0 Å². The quantitative estimate of drug-likeness (QED) is 0.469. The van der Waals surface area contributed by atoms with Gasteiger partial charge in [-0.15, -0.1) is 0 Å². The van der Waals surface area contributed by atoms with Crippen LogP contribution in [0.15, 0.2) is 0 Å². The molecule has 0 saturated heterocycles. The van der Waals surface area contributed by atoms with Gasteiger partial charge in [-0.25, -0.2) is 0 Å². The average Bonchev–Trinajstić information content (AvgIpc) is 2.19. The molecule has 0 aromatic heterocycles. The zero-order valence-corrected chi connectivity index (χ0v) is 9.66. The second-order valence-corrected chi connectivity index (χ2v) is 3.42. The molecule has 0 spiro atoms. The number of hydrogen-bond acceptors (Lipinski definition) is 3. The largest absolute Gasteiger partial charge is 0.343 e. The maximum Gasteiger partial charge on any atom is 0.233 e. The topological polar surface area (TPSA) is 54.5 Å². The Morgan fingerprint density at radius 2 is 1.80 bits per heavy atom. The van der Waals surface area contributed by atoms with Crippen LogP contribution in [0, 0.1) is 5.92 Å². The monoisotopic (exact) mass is 213 g/mol. The molecule has 0 aromatic carbocycles. The fourth-order valence-electron chi connectivity index (χ4n) is 1.49. The molecular weight excluding hydrogens is 194 g/mol. The highest BCUT2D eigenvalue weighted by Crippen LogP contribution is 2.11. The molecule has 0 N–H and O–H groups in total. The number of amides is 1. The summed E-state index contributed by atoms with van der Waals surface area (Å²) in [6, 6.07) is 0. The molecule has 1 unspecified atom stereocenters. The smallest absolute Gasteiger partial charge is 0.233 e. The second-order valence-electron chi connectivity index (χ2n) is 3.42. The lowest BCUT2D eigenvalue weighted by Crippen LogP contribution is -2.38. The number of ketones is 1. The van der Waals surface area contributed by atoms with Gasteiger partial charge in [0.1, 0.15) is 12.1 Å². The van der Waals surface area contributed by atoms with Crippen molar-refractivity contribution in [1.29, 1.82) is 0 Å². The zero-order valence-electron chi connectivity index (χ0n) is 9.66. The Morgan fingerprint density at radius 1 is 1.27 bits per heavy atom. The minimum atomic E-state index is -0.643. The molecule has 0 aliphatic rings. The Balaban J connectivity index is 4.53. The minimum absolute atomic E-state index is 0.158. The van der Waals surface area contributed by atoms with Crippen LogP contribution in [0.25, 0.3) is 0 Å². The Labute approximate surface area is 90.6 Å². The Morgan fingerprint density at radius 3 is 2.13 bits per heavy atom. The molecule has 0 aliphatic carbocycles. The molecule has 0 radical (unpaired) electrons. The van der Waals surface area contributed by atoms with Gasteiger partial charge in [0.05, 0.1) is 5.92 Å². The van der Waals surface area contributed by atoms with Crippen molar-refractivity contribution in [1.82, 2.24) is 4.90 Å². The third-order valence-electron chi connectivity index (χ3n) is 2.44. The van der Waals surface area contributed by atoms with E-state index in [9.17, 15) is 14.4 Å². The summed E-state index contributed by atoms with van der Waals surface area (Å²) in [5.74, 6) is -0.960. The van der Waals surface area contributed by atoms with Gasteiger partial charge in [-0.2, -0.15) is 0 Å². The molecule has 0 bridgehead atoms. The van der Waals surface area contributed by atoms with Gasteiger partial charge in [-0.3, -0.25) is 9.59 Å². The zero-order chi connectivity index (χ0) is 11.8. The predicted octanol–water partition coefficient (Wildman–Crippen LogP) is 1.04. The van der Waals surface area contributed by atoms with E-state index < -0.39 is 5.92 Å². The molecule has 0 rings (SSSR count). The number of nitrogens with zero attached hydrogens (tertiary/aromatic N) is 1. The summed E-state index contributed by atoms with van der Waals surface area (Å²) in [6.45, 7) is 6.34. The van der Waals surface area contributed by atoms with Crippen LogP contribution in [0.3, 0.4) is 0 Å². The summed E-state index contributed by atoms with van der Waals surface area (Å²) in [7, 11) is 0. The molecular formula is C11H19NO3. The minimum Gasteiger partial charge on any atom is -0.343 e. The molecule has 0 saturated carbocycles. The third-order valence-corrected chi connectivity index (χ3v) is 2.44. The summed E-state index contributed by atoms with van der Waals surface area (Å²) in [5.41, 5.74) is 0. The van der Waals surface area contributed by atoms with Gasteiger partial charge in [-0.05, 0) is 27.2 Å². The van der Waals surface area contributed by atoms with Crippen molar-refractivity contribution in [2.75, 3.05) is 13.1 Å². The van der Waals surface area contributed by atoms with Gasteiger partial charge >= 0.3 is 0 Å². The first-order valence-corrected chi connectivity index (χ1v) is 5.31. The Hall–Kier alpha value is -1.19. The lowest BCUT2D eigenvalue weighted by atomic mass is 9.98. The molecule has 86 valence electrons. The Kier molecular flexibility index (Phi) is 6.58. The van der Waals surface area contributed by atoms with Gasteiger partial charge in [0.25, 0.3) is 0 Å². The highest BCUT2D eigenvalue weighted by Gasteiger charge is 2.25. The van der Waals surface area contributed by atoms with Gasteiger partial charge < -0.3 is 9.69 Å². The average molecular weight is 213 g/mol. The van der Waals surface area contributed by atoms with Crippen LogP contribution in [-0.4, -0.2) is 36.0 Å². The van der Waals surface area contributed by atoms with E-state index in [1.807, 2.05) is 13.8 Å². The maximum atomic E-state index is 11.8. The van der Waals surface area contributed by atoms with E-state index in [4.69, 9.17) is 0 Å². The van der Waals surface area contributed by atoms with E-state index in [1.54, 1.807) is 4.90 Å². The van der Waals surface area contributed by atoms with Crippen LogP contribution in [0.2, 0.25) is 0 Å². The van der Waals surface area contributed by atoms with E-state index >= 15 is 0 Å². The number of carbonyl (C=O) groups excluding carboxylic acids is 3. The lowest BCUT2D eigenvalue weighted by molar-refractivity contribution is -0.140. The van der Waals surface area contributed by atoms with E-state index in [0.29, 0.717) is 19.5 Å². The standard InChI is InChI=1S/C11H19NO3/c1-4-12(5-2)11(15)10(9(3)14)7-6-8-13/h8,10H,4-7H2,1-3H3. The van der Waals surface area contributed by atoms with Crippen LogP contribution in [0.1, 0.15) is 33.6 Å². The molecule has 1 atom stereocenters. The molecule has 15 heavy (non-hydrogen) atoms. The highest BCUT2D eigenvalue weighted by molar-refractivity contribution is 6.00. The summed E-state index contributed by atoms with van der Waals surface area (Å²) in [6.07, 6.45) is 1.33.